The van der Waals surface area contributed by atoms with Gasteiger partial charge < -0.3 is 5.32 Å². The lowest BCUT2D eigenvalue weighted by Crippen LogP contribution is -2.34. The van der Waals surface area contributed by atoms with Crippen molar-refractivity contribution < 1.29 is 0 Å². The summed E-state index contributed by atoms with van der Waals surface area (Å²) >= 11 is 0. The smallest absolute Gasteiger partial charge is 0.138 e. The van der Waals surface area contributed by atoms with Crippen LogP contribution in [0.4, 0.5) is 0 Å². The van der Waals surface area contributed by atoms with Crippen LogP contribution in [-0.4, -0.2) is 27.4 Å². The van der Waals surface area contributed by atoms with E-state index in [4.69, 9.17) is 0 Å². The topological polar surface area (TPSA) is 42.7 Å². The van der Waals surface area contributed by atoms with E-state index in [2.05, 4.69) is 63.9 Å². The highest BCUT2D eigenvalue weighted by Crippen LogP contribution is 2.27. The SMILES string of the molecule is CCNC(Cc1ncnn1C(C)C)CC(C)CC(C)(C)C. The van der Waals surface area contributed by atoms with Gasteiger partial charge in [0.25, 0.3) is 0 Å². The second-order valence-electron chi connectivity index (χ2n) is 7.78. The molecule has 0 aliphatic heterocycles. The molecule has 0 aliphatic carbocycles. The van der Waals surface area contributed by atoms with Gasteiger partial charge in [-0.05, 0) is 44.6 Å². The van der Waals surface area contributed by atoms with Gasteiger partial charge in [-0.3, -0.25) is 0 Å². The van der Waals surface area contributed by atoms with Crippen LogP contribution in [-0.2, 0) is 6.42 Å². The maximum absolute atomic E-state index is 4.45. The minimum atomic E-state index is 0.372. The molecule has 4 nitrogen and oxygen atoms in total. The molecule has 0 saturated heterocycles. The van der Waals surface area contributed by atoms with Crippen molar-refractivity contribution in [2.45, 2.75) is 79.8 Å². The van der Waals surface area contributed by atoms with Gasteiger partial charge in [-0.1, -0.05) is 34.6 Å². The van der Waals surface area contributed by atoms with E-state index in [1.165, 1.54) is 12.8 Å². The van der Waals surface area contributed by atoms with Crippen LogP contribution in [0.3, 0.4) is 0 Å². The molecule has 2 unspecified atom stereocenters. The van der Waals surface area contributed by atoms with E-state index in [-0.39, 0.29) is 0 Å². The predicted molar refractivity (Wildman–Crippen MR) is 89.4 cm³/mol. The summed E-state index contributed by atoms with van der Waals surface area (Å²) < 4.78 is 2.04. The summed E-state index contributed by atoms with van der Waals surface area (Å²) in [6.45, 7) is 16.8. The molecule has 1 aromatic heterocycles. The summed E-state index contributed by atoms with van der Waals surface area (Å²) in [7, 11) is 0. The molecule has 0 amide bonds. The standard InChI is InChI=1S/C17H34N4/c1-8-18-15(9-14(4)11-17(5,6)7)10-16-19-12-20-21(16)13(2)3/h12-15,18H,8-11H2,1-7H3. The summed E-state index contributed by atoms with van der Waals surface area (Å²) in [5.74, 6) is 1.81. The maximum atomic E-state index is 4.45. The normalized spacial score (nSPS) is 15.4. The van der Waals surface area contributed by atoms with E-state index in [0.29, 0.717) is 23.4 Å². The van der Waals surface area contributed by atoms with Crippen LogP contribution in [0.2, 0.25) is 0 Å². The Morgan fingerprint density at radius 1 is 1.24 bits per heavy atom. The molecular weight excluding hydrogens is 260 g/mol. The van der Waals surface area contributed by atoms with E-state index in [1.807, 2.05) is 4.68 Å². The number of nitrogens with zero attached hydrogens (tertiary/aromatic N) is 3. The number of aromatic nitrogens is 3. The highest BCUT2D eigenvalue weighted by atomic mass is 15.3. The molecule has 122 valence electrons. The van der Waals surface area contributed by atoms with Crippen molar-refractivity contribution in [2.75, 3.05) is 6.54 Å². The van der Waals surface area contributed by atoms with Crippen LogP contribution in [0.5, 0.6) is 0 Å². The van der Waals surface area contributed by atoms with Gasteiger partial charge in [0.15, 0.2) is 0 Å². The van der Waals surface area contributed by atoms with Gasteiger partial charge in [0.2, 0.25) is 0 Å². The lowest BCUT2D eigenvalue weighted by Gasteiger charge is -2.27. The molecular formula is C17H34N4. The van der Waals surface area contributed by atoms with Gasteiger partial charge in [-0.15, -0.1) is 0 Å². The van der Waals surface area contributed by atoms with Crippen molar-refractivity contribution >= 4 is 0 Å². The average molecular weight is 294 g/mol. The highest BCUT2D eigenvalue weighted by Gasteiger charge is 2.20. The van der Waals surface area contributed by atoms with Gasteiger partial charge in [0.05, 0.1) is 0 Å². The van der Waals surface area contributed by atoms with Crippen molar-refractivity contribution in [1.29, 1.82) is 0 Å². The molecule has 1 rings (SSSR count). The molecule has 4 heteroatoms. The first-order chi connectivity index (χ1) is 9.73. The van der Waals surface area contributed by atoms with Crippen molar-refractivity contribution in [2.24, 2.45) is 11.3 Å². The fourth-order valence-electron chi connectivity index (χ4n) is 3.21. The van der Waals surface area contributed by atoms with E-state index < -0.39 is 0 Å². The van der Waals surface area contributed by atoms with Crippen LogP contribution in [0, 0.1) is 11.3 Å². The largest absolute Gasteiger partial charge is 0.314 e. The first-order valence-corrected chi connectivity index (χ1v) is 8.34. The third kappa shape index (κ3) is 6.60. The Kier molecular flexibility index (Phi) is 6.85. The Morgan fingerprint density at radius 3 is 2.43 bits per heavy atom. The van der Waals surface area contributed by atoms with Crippen LogP contribution in [0.15, 0.2) is 6.33 Å². The zero-order valence-electron chi connectivity index (χ0n) is 15.0. The summed E-state index contributed by atoms with van der Waals surface area (Å²) in [4.78, 5) is 4.45. The van der Waals surface area contributed by atoms with Crippen molar-refractivity contribution in [3.63, 3.8) is 0 Å². The fourth-order valence-corrected chi connectivity index (χ4v) is 3.21. The second-order valence-corrected chi connectivity index (χ2v) is 7.78. The third-order valence-corrected chi connectivity index (χ3v) is 3.71. The van der Waals surface area contributed by atoms with Crippen LogP contribution in [0.25, 0.3) is 0 Å². The number of hydrogen-bond acceptors (Lipinski definition) is 3. The summed E-state index contributed by atoms with van der Waals surface area (Å²) in [6.07, 6.45) is 5.08. The summed E-state index contributed by atoms with van der Waals surface area (Å²) in [6, 6.07) is 0.853. The molecule has 0 bridgehead atoms. The monoisotopic (exact) mass is 294 g/mol. The number of nitrogens with one attached hydrogen (secondary N) is 1. The first-order valence-electron chi connectivity index (χ1n) is 8.34. The van der Waals surface area contributed by atoms with Gasteiger partial charge in [-0.2, -0.15) is 5.10 Å². The Hall–Kier alpha value is -0.900. The van der Waals surface area contributed by atoms with E-state index >= 15 is 0 Å². The number of rotatable bonds is 8. The van der Waals surface area contributed by atoms with Crippen molar-refractivity contribution in [1.82, 2.24) is 20.1 Å². The number of hydrogen-bond donors (Lipinski definition) is 1. The fraction of sp³-hybridized carbons (Fsp3) is 0.882. The first kappa shape index (κ1) is 18.1. The minimum Gasteiger partial charge on any atom is -0.314 e. The van der Waals surface area contributed by atoms with E-state index in [0.717, 1.165) is 18.8 Å². The Bertz CT molecular complexity index is 403. The molecule has 1 aromatic rings. The summed E-state index contributed by atoms with van der Waals surface area (Å²) in [5.41, 5.74) is 0.397. The Labute approximate surface area is 130 Å². The van der Waals surface area contributed by atoms with E-state index in [1.54, 1.807) is 6.33 Å². The quantitative estimate of drug-likeness (QED) is 0.792. The zero-order valence-corrected chi connectivity index (χ0v) is 15.0. The molecule has 0 fully saturated rings. The Balaban J connectivity index is 2.67. The van der Waals surface area contributed by atoms with Crippen molar-refractivity contribution in [3.8, 4) is 0 Å². The molecule has 0 radical (unpaired) electrons. The molecule has 1 heterocycles. The number of likely N-dealkylation sites (N-methyl/N-ethyl adjacent to an activating group) is 1. The lowest BCUT2D eigenvalue weighted by molar-refractivity contribution is 0.273. The van der Waals surface area contributed by atoms with Crippen molar-refractivity contribution in [3.05, 3.63) is 12.2 Å². The lowest BCUT2D eigenvalue weighted by atomic mass is 9.82. The summed E-state index contributed by atoms with van der Waals surface area (Å²) in [5, 5.41) is 7.97. The molecule has 0 spiro atoms. The Morgan fingerprint density at radius 2 is 1.90 bits per heavy atom. The molecule has 0 aliphatic rings. The van der Waals surface area contributed by atoms with Crippen LogP contribution < -0.4 is 5.32 Å². The molecule has 0 aromatic carbocycles. The maximum Gasteiger partial charge on any atom is 0.138 e. The highest BCUT2D eigenvalue weighted by molar-refractivity contribution is 4.92. The van der Waals surface area contributed by atoms with Gasteiger partial charge in [0.1, 0.15) is 12.2 Å². The molecule has 0 saturated carbocycles. The third-order valence-electron chi connectivity index (χ3n) is 3.71. The van der Waals surface area contributed by atoms with Gasteiger partial charge in [-0.25, -0.2) is 9.67 Å². The molecule has 2 atom stereocenters. The zero-order chi connectivity index (χ0) is 16.0. The van der Waals surface area contributed by atoms with Gasteiger partial charge in [0, 0.05) is 18.5 Å². The van der Waals surface area contributed by atoms with Crippen LogP contribution in [0.1, 0.15) is 73.2 Å². The molecule has 1 N–H and O–H groups in total. The van der Waals surface area contributed by atoms with Gasteiger partial charge >= 0.3 is 0 Å². The molecule has 21 heavy (non-hydrogen) atoms. The second kappa shape index (κ2) is 7.92. The minimum absolute atomic E-state index is 0.372. The van der Waals surface area contributed by atoms with Crippen LogP contribution >= 0.6 is 0 Å². The van der Waals surface area contributed by atoms with E-state index in [9.17, 15) is 0 Å². The predicted octanol–water partition coefficient (Wildman–Crippen LogP) is 3.84. The average Bonchev–Trinajstić information content (AvgIpc) is 2.74.